The first-order chi connectivity index (χ1) is 16.9. The second-order valence-corrected chi connectivity index (χ2v) is 11.0. The Balaban J connectivity index is 1.67. The number of para-hydroxylation sites is 2. The molecule has 0 saturated heterocycles. The van der Waals surface area contributed by atoms with Crippen LogP contribution in [-0.4, -0.2) is 33.7 Å². The highest BCUT2D eigenvalue weighted by Gasteiger charge is 2.31. The molecule has 6 nitrogen and oxygen atoms in total. The molecule has 0 radical (unpaired) electrons. The van der Waals surface area contributed by atoms with Gasteiger partial charge in [-0.15, -0.1) is 11.8 Å². The zero-order chi connectivity index (χ0) is 24.8. The van der Waals surface area contributed by atoms with Gasteiger partial charge in [0.2, 0.25) is 5.91 Å². The Morgan fingerprint density at radius 1 is 1.06 bits per heavy atom. The molecule has 0 aliphatic heterocycles. The van der Waals surface area contributed by atoms with Crippen molar-refractivity contribution in [2.24, 2.45) is 0 Å². The lowest BCUT2D eigenvalue weighted by atomic mass is 9.88. The van der Waals surface area contributed by atoms with Crippen molar-refractivity contribution in [1.29, 1.82) is 0 Å². The van der Waals surface area contributed by atoms with Crippen LogP contribution in [0, 0.1) is 0 Å². The molecule has 0 heterocycles. The predicted molar refractivity (Wildman–Crippen MR) is 141 cm³/mol. The number of ether oxygens (including phenoxy) is 1. The Bertz CT molecular complexity index is 1280. The molecule has 3 aromatic carbocycles. The number of sulfonamides is 1. The van der Waals surface area contributed by atoms with Crippen LogP contribution in [0.1, 0.15) is 36.9 Å². The van der Waals surface area contributed by atoms with Gasteiger partial charge in [-0.25, -0.2) is 8.42 Å². The highest BCUT2D eigenvalue weighted by atomic mass is 32.2. The van der Waals surface area contributed by atoms with Crippen molar-refractivity contribution in [3.63, 3.8) is 0 Å². The summed E-state index contributed by atoms with van der Waals surface area (Å²) in [5.41, 5.74) is 2.66. The Morgan fingerprint density at radius 3 is 2.51 bits per heavy atom. The molecule has 0 aromatic heterocycles. The summed E-state index contributed by atoms with van der Waals surface area (Å²) in [6.07, 6.45) is 4.71. The fraction of sp³-hybridized carbons (Fsp3) is 0.296. The standard InChI is InChI=1S/C27H30N2O4S2/c1-3-33-26-14-7-6-13-25(26)29(35(31,32)22-17-15-21(34-2)16-18-22)19-27(30)28-24-12-8-10-20-9-4-5-11-23(20)24/h4-7,9,11,13-18,24H,3,8,10,12,19H2,1-2H3,(H,28,30). The van der Waals surface area contributed by atoms with Crippen LogP contribution in [0.4, 0.5) is 5.69 Å². The van der Waals surface area contributed by atoms with E-state index in [1.165, 1.54) is 17.3 Å². The maximum atomic E-state index is 13.8. The first-order valence-corrected chi connectivity index (χ1v) is 14.4. The zero-order valence-corrected chi connectivity index (χ0v) is 21.6. The molecule has 0 saturated carbocycles. The fourth-order valence-corrected chi connectivity index (χ4v) is 6.23. The topological polar surface area (TPSA) is 75.7 Å². The van der Waals surface area contributed by atoms with Gasteiger partial charge < -0.3 is 10.1 Å². The van der Waals surface area contributed by atoms with Gasteiger partial charge in [0.1, 0.15) is 12.3 Å². The number of thioether (sulfide) groups is 1. The third kappa shape index (κ3) is 5.65. The first kappa shape index (κ1) is 25.1. The number of aryl methyl sites for hydroxylation is 1. The van der Waals surface area contributed by atoms with E-state index >= 15 is 0 Å². The van der Waals surface area contributed by atoms with E-state index < -0.39 is 10.0 Å². The van der Waals surface area contributed by atoms with Gasteiger partial charge in [-0.05, 0) is 80.0 Å². The maximum Gasteiger partial charge on any atom is 0.264 e. The number of anilines is 1. The number of amides is 1. The zero-order valence-electron chi connectivity index (χ0n) is 19.9. The average Bonchev–Trinajstić information content (AvgIpc) is 2.88. The van der Waals surface area contributed by atoms with E-state index in [4.69, 9.17) is 4.74 Å². The van der Waals surface area contributed by atoms with Crippen molar-refractivity contribution in [3.8, 4) is 5.75 Å². The van der Waals surface area contributed by atoms with E-state index in [1.54, 1.807) is 48.5 Å². The molecule has 35 heavy (non-hydrogen) atoms. The Kier molecular flexibility index (Phi) is 8.03. The summed E-state index contributed by atoms with van der Waals surface area (Å²) >= 11 is 1.53. The Labute approximate surface area is 211 Å². The number of hydrogen-bond acceptors (Lipinski definition) is 5. The molecule has 0 bridgehead atoms. The van der Waals surface area contributed by atoms with Crippen molar-refractivity contribution < 1.29 is 17.9 Å². The van der Waals surface area contributed by atoms with Gasteiger partial charge in [0.25, 0.3) is 10.0 Å². The van der Waals surface area contributed by atoms with Crippen molar-refractivity contribution in [2.45, 2.75) is 42.0 Å². The van der Waals surface area contributed by atoms with Gasteiger partial charge in [0.05, 0.1) is 23.2 Å². The number of nitrogens with zero attached hydrogens (tertiary/aromatic N) is 1. The molecule has 0 spiro atoms. The SMILES string of the molecule is CCOc1ccccc1N(CC(=O)NC1CCCc2ccccc21)S(=O)(=O)c1ccc(SC)cc1. The van der Waals surface area contributed by atoms with Crippen LogP contribution in [0.2, 0.25) is 0 Å². The highest BCUT2D eigenvalue weighted by molar-refractivity contribution is 7.98. The van der Waals surface area contributed by atoms with Gasteiger partial charge in [0, 0.05) is 4.90 Å². The summed E-state index contributed by atoms with van der Waals surface area (Å²) in [7, 11) is -4.03. The number of carbonyl (C=O) groups is 1. The van der Waals surface area contributed by atoms with Crippen molar-refractivity contribution in [3.05, 3.63) is 83.9 Å². The van der Waals surface area contributed by atoms with E-state index in [9.17, 15) is 13.2 Å². The molecule has 1 aliphatic carbocycles. The number of carbonyl (C=O) groups excluding carboxylic acids is 1. The van der Waals surface area contributed by atoms with Crippen molar-refractivity contribution in [2.75, 3.05) is 23.7 Å². The minimum absolute atomic E-state index is 0.123. The molecule has 8 heteroatoms. The van der Waals surface area contributed by atoms with Crippen molar-refractivity contribution in [1.82, 2.24) is 5.32 Å². The lowest BCUT2D eigenvalue weighted by molar-refractivity contribution is -0.120. The Hall–Kier alpha value is -2.97. The largest absolute Gasteiger partial charge is 0.492 e. The average molecular weight is 511 g/mol. The predicted octanol–water partition coefficient (Wildman–Crippen LogP) is 5.20. The number of rotatable bonds is 9. The third-order valence-corrected chi connectivity index (χ3v) is 8.59. The van der Waals surface area contributed by atoms with Crippen LogP contribution >= 0.6 is 11.8 Å². The summed E-state index contributed by atoms with van der Waals surface area (Å²) in [4.78, 5) is 14.4. The monoisotopic (exact) mass is 510 g/mol. The molecular weight excluding hydrogens is 480 g/mol. The smallest absolute Gasteiger partial charge is 0.264 e. The maximum absolute atomic E-state index is 13.8. The molecule has 4 rings (SSSR count). The molecule has 3 aromatic rings. The van der Waals surface area contributed by atoms with Gasteiger partial charge in [-0.1, -0.05) is 36.4 Å². The van der Waals surface area contributed by atoms with Crippen LogP contribution in [0.5, 0.6) is 5.75 Å². The number of nitrogens with one attached hydrogen (secondary N) is 1. The fourth-order valence-electron chi connectivity index (χ4n) is 4.39. The van der Waals surface area contributed by atoms with Gasteiger partial charge in [0.15, 0.2) is 0 Å². The van der Waals surface area contributed by atoms with E-state index in [0.717, 1.165) is 34.0 Å². The van der Waals surface area contributed by atoms with Crippen LogP contribution in [0.15, 0.2) is 82.6 Å². The molecule has 0 fully saturated rings. The molecule has 1 unspecified atom stereocenters. The summed E-state index contributed by atoms with van der Waals surface area (Å²) in [6.45, 7) is 1.86. The minimum Gasteiger partial charge on any atom is -0.492 e. The van der Waals surface area contributed by atoms with E-state index in [2.05, 4.69) is 11.4 Å². The van der Waals surface area contributed by atoms with Gasteiger partial charge >= 0.3 is 0 Å². The summed E-state index contributed by atoms with van der Waals surface area (Å²) in [5.74, 6) is 0.0532. The highest BCUT2D eigenvalue weighted by Crippen LogP contribution is 2.34. The number of hydrogen-bond donors (Lipinski definition) is 1. The normalized spacial score (nSPS) is 15.2. The van der Waals surface area contributed by atoms with Crippen LogP contribution in [-0.2, 0) is 21.2 Å². The van der Waals surface area contributed by atoms with Crippen LogP contribution in [0.3, 0.4) is 0 Å². The first-order valence-electron chi connectivity index (χ1n) is 11.7. The van der Waals surface area contributed by atoms with Gasteiger partial charge in [-0.2, -0.15) is 0 Å². The lowest BCUT2D eigenvalue weighted by Crippen LogP contribution is -2.42. The van der Waals surface area contributed by atoms with Crippen LogP contribution in [0.25, 0.3) is 0 Å². The number of fused-ring (bicyclic) bond motifs is 1. The second kappa shape index (κ2) is 11.2. The quantitative estimate of drug-likeness (QED) is 0.401. The molecule has 1 aliphatic rings. The van der Waals surface area contributed by atoms with Gasteiger partial charge in [-0.3, -0.25) is 9.10 Å². The minimum atomic E-state index is -4.03. The molecule has 1 N–H and O–H groups in total. The molecule has 1 atom stereocenters. The molecular formula is C27H30N2O4S2. The van der Waals surface area contributed by atoms with Crippen molar-refractivity contribution >= 4 is 33.4 Å². The molecule has 184 valence electrons. The summed E-state index contributed by atoms with van der Waals surface area (Å²) < 4.78 is 34.5. The van der Waals surface area contributed by atoms with E-state index in [-0.39, 0.29) is 23.4 Å². The second-order valence-electron chi connectivity index (χ2n) is 8.30. The third-order valence-electron chi connectivity index (χ3n) is 6.07. The van der Waals surface area contributed by atoms with E-state index in [0.29, 0.717) is 18.0 Å². The summed E-state index contributed by atoms with van der Waals surface area (Å²) in [5, 5.41) is 3.08. The summed E-state index contributed by atoms with van der Waals surface area (Å²) in [6, 6.07) is 21.5. The van der Waals surface area contributed by atoms with E-state index in [1.807, 2.05) is 31.4 Å². The van der Waals surface area contributed by atoms with Crippen LogP contribution < -0.4 is 14.4 Å². The Morgan fingerprint density at radius 2 is 1.77 bits per heavy atom. The lowest BCUT2D eigenvalue weighted by Gasteiger charge is -2.29. The number of benzene rings is 3. The molecule has 1 amide bonds.